The molecule has 2 unspecified atom stereocenters. The highest BCUT2D eigenvalue weighted by Crippen LogP contribution is 2.37. The van der Waals surface area contributed by atoms with Gasteiger partial charge in [-0.1, -0.05) is 30.8 Å². The number of aliphatic imine (C=N–C) groups is 1. The lowest BCUT2D eigenvalue weighted by molar-refractivity contribution is -0.138. The smallest absolute Gasteiger partial charge is 0.416 e. The van der Waals surface area contributed by atoms with Crippen molar-refractivity contribution in [3.8, 4) is 0 Å². The average Bonchev–Trinajstić information content (AvgIpc) is 2.91. The number of carbonyl (C=O) groups excluding carboxylic acids is 1. The van der Waals surface area contributed by atoms with Crippen LogP contribution in [0.3, 0.4) is 0 Å². The number of piperidine rings is 1. The normalized spacial score (nSPS) is 20.8. The molecule has 4 rings (SSSR count). The Labute approximate surface area is 219 Å². The predicted molar refractivity (Wildman–Crippen MR) is 136 cm³/mol. The van der Waals surface area contributed by atoms with Gasteiger partial charge in [0.25, 0.3) is 0 Å². The van der Waals surface area contributed by atoms with E-state index in [1.807, 2.05) is 0 Å². The van der Waals surface area contributed by atoms with Gasteiger partial charge in [-0.2, -0.15) is 13.2 Å². The lowest BCUT2D eigenvalue weighted by atomic mass is 9.83. The fraction of sp³-hybridized carbons (Fsp3) is 0.429. The van der Waals surface area contributed by atoms with Crippen molar-refractivity contribution in [1.29, 1.82) is 0 Å². The zero-order chi connectivity index (χ0) is 27.4. The largest absolute Gasteiger partial charge is 0.484 e. The van der Waals surface area contributed by atoms with Gasteiger partial charge in [0.2, 0.25) is 0 Å². The van der Waals surface area contributed by atoms with Crippen molar-refractivity contribution in [2.45, 2.75) is 25.4 Å². The molecule has 2 amide bonds. The van der Waals surface area contributed by atoms with Crippen LogP contribution in [0.15, 0.2) is 54.0 Å². The second-order valence-corrected chi connectivity index (χ2v) is 9.60. The summed E-state index contributed by atoms with van der Waals surface area (Å²) in [6.45, 7) is 7.63. The molecule has 2 fully saturated rings. The number of nitrogens with zero attached hydrogens (tertiary/aromatic N) is 3. The van der Waals surface area contributed by atoms with Crippen LogP contribution in [0.5, 0.6) is 0 Å². The second-order valence-electron chi connectivity index (χ2n) is 9.60. The van der Waals surface area contributed by atoms with E-state index in [2.05, 4.69) is 11.6 Å². The number of amides is 2. The molecule has 10 heteroatoms. The molecule has 2 aromatic rings. The molecule has 6 nitrogen and oxygen atoms in total. The van der Waals surface area contributed by atoms with E-state index in [1.54, 1.807) is 28.0 Å². The maximum atomic E-state index is 13.7. The van der Waals surface area contributed by atoms with Crippen molar-refractivity contribution in [2.24, 2.45) is 10.9 Å². The highest BCUT2D eigenvalue weighted by molar-refractivity contribution is 5.86. The number of methoxy groups -OCH3 is 1. The van der Waals surface area contributed by atoms with Crippen LogP contribution in [0.25, 0.3) is 5.70 Å². The molecule has 2 aromatic carbocycles. The van der Waals surface area contributed by atoms with Gasteiger partial charge in [-0.05, 0) is 42.7 Å². The summed E-state index contributed by atoms with van der Waals surface area (Å²) >= 11 is 0. The summed E-state index contributed by atoms with van der Waals surface area (Å²) in [5.41, 5.74) is 0.696. The molecule has 2 aliphatic heterocycles. The first-order chi connectivity index (χ1) is 18.1. The summed E-state index contributed by atoms with van der Waals surface area (Å²) in [4.78, 5) is 21.3. The number of alkyl halides is 3. The number of benzene rings is 2. The number of likely N-dealkylation sites (tertiary alicyclic amines) is 1. The predicted octanol–water partition coefficient (Wildman–Crippen LogP) is 5.73. The maximum absolute atomic E-state index is 13.7. The summed E-state index contributed by atoms with van der Waals surface area (Å²) in [7, 11) is 1.45. The Balaban J connectivity index is 1.67. The minimum Gasteiger partial charge on any atom is -0.484 e. The maximum Gasteiger partial charge on any atom is 0.416 e. The summed E-state index contributed by atoms with van der Waals surface area (Å²) < 4.78 is 65.7. The summed E-state index contributed by atoms with van der Waals surface area (Å²) in [5.74, 6) is -0.947. The topological polar surface area (TPSA) is 54.4 Å². The third kappa shape index (κ3) is 6.35. The first-order valence-electron chi connectivity index (χ1n) is 12.4. The van der Waals surface area contributed by atoms with Crippen molar-refractivity contribution in [1.82, 2.24) is 9.80 Å². The van der Waals surface area contributed by atoms with E-state index in [1.165, 1.54) is 38.3 Å². The molecule has 204 valence electrons. The zero-order valence-electron chi connectivity index (χ0n) is 21.4. The second kappa shape index (κ2) is 11.6. The molecule has 0 aliphatic carbocycles. The van der Waals surface area contributed by atoms with E-state index >= 15 is 0 Å². The molecule has 2 atom stereocenters. The fourth-order valence-corrected chi connectivity index (χ4v) is 5.00. The first kappa shape index (κ1) is 27.6. The van der Waals surface area contributed by atoms with E-state index in [0.29, 0.717) is 43.9 Å². The minimum atomic E-state index is -4.49. The molecular formula is C28H31F4N3O3. The molecule has 0 aromatic heterocycles. The number of hydrogen-bond acceptors (Lipinski definition) is 4. The van der Waals surface area contributed by atoms with Crippen LogP contribution >= 0.6 is 0 Å². The molecule has 2 aliphatic rings. The number of ether oxygens (including phenoxy) is 2. The Morgan fingerprint density at radius 1 is 1.11 bits per heavy atom. The van der Waals surface area contributed by atoms with Gasteiger partial charge in [0.1, 0.15) is 5.82 Å². The molecule has 2 heterocycles. The Hall–Kier alpha value is -3.40. The number of morpholine rings is 1. The van der Waals surface area contributed by atoms with E-state index in [0.717, 1.165) is 0 Å². The zero-order valence-corrected chi connectivity index (χ0v) is 21.4. The molecule has 2 saturated heterocycles. The first-order valence-corrected chi connectivity index (χ1v) is 12.4. The molecule has 0 bridgehead atoms. The fourth-order valence-electron chi connectivity index (χ4n) is 5.00. The number of carbonyl (C=O) groups is 1. The van der Waals surface area contributed by atoms with Crippen LogP contribution in [-0.2, 0) is 15.7 Å². The van der Waals surface area contributed by atoms with Crippen LogP contribution in [0.2, 0.25) is 0 Å². The average molecular weight is 534 g/mol. The standard InChI is InChI=1S/C28H31F4N3O3/c1-18-7-8-21(15-25(18)28(30,31)32)22-13-23(17-35(16-22)27(36)34-9-11-38-12-10-34)26(37-3)33-19(2)20-5-4-6-24(29)14-20/h4-8,14-15,22-23H,2,9-13,16-17H2,1,3H3. The molecular weight excluding hydrogens is 502 g/mol. The van der Waals surface area contributed by atoms with Crippen molar-refractivity contribution in [3.05, 3.63) is 77.1 Å². The summed E-state index contributed by atoms with van der Waals surface area (Å²) in [6.07, 6.45) is -4.07. The summed E-state index contributed by atoms with van der Waals surface area (Å²) in [5, 5.41) is 0. The highest BCUT2D eigenvalue weighted by atomic mass is 19.4. The SMILES string of the molecule is C=C(N=C(OC)C1CC(c2ccc(C)c(C(F)(F)F)c2)CN(C(=O)N2CCOCC2)C1)c1cccc(F)c1. The van der Waals surface area contributed by atoms with Crippen LogP contribution in [0.4, 0.5) is 22.4 Å². The Morgan fingerprint density at radius 3 is 2.50 bits per heavy atom. The minimum absolute atomic E-state index is 0.139. The van der Waals surface area contributed by atoms with Crippen LogP contribution < -0.4 is 0 Å². The lowest BCUT2D eigenvalue weighted by Crippen LogP contribution is -2.53. The van der Waals surface area contributed by atoms with E-state index in [-0.39, 0.29) is 42.2 Å². The van der Waals surface area contributed by atoms with E-state index in [4.69, 9.17) is 9.47 Å². The van der Waals surface area contributed by atoms with Gasteiger partial charge in [-0.3, -0.25) is 0 Å². The van der Waals surface area contributed by atoms with Gasteiger partial charge in [0.15, 0.2) is 5.90 Å². The van der Waals surface area contributed by atoms with Gasteiger partial charge >= 0.3 is 12.2 Å². The van der Waals surface area contributed by atoms with Crippen molar-refractivity contribution in [3.63, 3.8) is 0 Å². The van der Waals surface area contributed by atoms with Crippen LogP contribution in [-0.4, -0.2) is 68.2 Å². The van der Waals surface area contributed by atoms with Gasteiger partial charge in [-0.25, -0.2) is 14.2 Å². The van der Waals surface area contributed by atoms with Crippen molar-refractivity contribution < 1.29 is 31.8 Å². The molecule has 0 radical (unpaired) electrons. The highest BCUT2D eigenvalue weighted by Gasteiger charge is 2.38. The molecule has 0 N–H and O–H groups in total. The lowest BCUT2D eigenvalue weighted by Gasteiger charge is -2.41. The van der Waals surface area contributed by atoms with Crippen LogP contribution in [0, 0.1) is 18.7 Å². The third-order valence-electron chi connectivity index (χ3n) is 7.00. The van der Waals surface area contributed by atoms with E-state index in [9.17, 15) is 22.4 Å². The van der Waals surface area contributed by atoms with Crippen LogP contribution in [0.1, 0.15) is 34.6 Å². The third-order valence-corrected chi connectivity index (χ3v) is 7.00. The Bertz CT molecular complexity index is 1210. The number of urea groups is 1. The molecule has 0 spiro atoms. The van der Waals surface area contributed by atoms with Crippen molar-refractivity contribution in [2.75, 3.05) is 46.5 Å². The molecule has 0 saturated carbocycles. The molecule has 38 heavy (non-hydrogen) atoms. The Kier molecular flexibility index (Phi) is 8.40. The van der Waals surface area contributed by atoms with Gasteiger partial charge < -0.3 is 19.3 Å². The quantitative estimate of drug-likeness (QED) is 0.287. The number of halogens is 4. The summed E-state index contributed by atoms with van der Waals surface area (Å²) in [6, 6.07) is 9.97. The number of hydrogen-bond donors (Lipinski definition) is 0. The van der Waals surface area contributed by atoms with Gasteiger partial charge in [0.05, 0.1) is 37.5 Å². The van der Waals surface area contributed by atoms with Crippen molar-refractivity contribution >= 4 is 17.6 Å². The number of rotatable bonds is 4. The van der Waals surface area contributed by atoms with Gasteiger partial charge in [-0.15, -0.1) is 0 Å². The Morgan fingerprint density at radius 2 is 1.84 bits per heavy atom. The van der Waals surface area contributed by atoms with E-state index < -0.39 is 23.5 Å². The van der Waals surface area contributed by atoms with Gasteiger partial charge in [0, 0.05) is 37.7 Å². The monoisotopic (exact) mass is 533 g/mol. The number of aryl methyl sites for hydroxylation is 1.